The Hall–Kier alpha value is -1.90. The molecule has 1 fully saturated rings. The zero-order valence-electron chi connectivity index (χ0n) is 13.1. The maximum Gasteiger partial charge on any atom is 0.246 e. The monoisotopic (exact) mass is 336 g/mol. The van der Waals surface area contributed by atoms with Gasteiger partial charge in [0.2, 0.25) is 10.0 Å². The Morgan fingerprint density at radius 1 is 1.26 bits per heavy atom. The summed E-state index contributed by atoms with van der Waals surface area (Å²) in [7, 11) is 0.129. The lowest BCUT2D eigenvalue weighted by Gasteiger charge is -2.38. The largest absolute Gasteiger partial charge is 0.497 e. The Morgan fingerprint density at radius 2 is 2.00 bits per heavy atom. The van der Waals surface area contributed by atoms with Gasteiger partial charge in [-0.05, 0) is 24.7 Å². The third kappa shape index (κ3) is 3.10. The Kier molecular flexibility index (Phi) is 4.38. The highest BCUT2D eigenvalue weighted by Crippen LogP contribution is 2.28. The van der Waals surface area contributed by atoms with E-state index in [0.29, 0.717) is 19.6 Å². The maximum absolute atomic E-state index is 12.7. The van der Waals surface area contributed by atoms with E-state index >= 15 is 0 Å². The summed E-state index contributed by atoms with van der Waals surface area (Å²) in [6.07, 6.45) is 2.76. The summed E-state index contributed by atoms with van der Waals surface area (Å²) in [6, 6.07) is 7.76. The summed E-state index contributed by atoms with van der Waals surface area (Å²) in [4.78, 5) is 2.37. The van der Waals surface area contributed by atoms with E-state index < -0.39 is 10.0 Å². The number of aromatic amines is 1. The molecule has 23 heavy (non-hydrogen) atoms. The van der Waals surface area contributed by atoms with Gasteiger partial charge in [0.05, 0.1) is 13.3 Å². The van der Waals surface area contributed by atoms with Crippen molar-refractivity contribution in [2.75, 3.05) is 33.8 Å². The molecule has 2 aromatic rings. The minimum atomic E-state index is -3.51. The van der Waals surface area contributed by atoms with Crippen molar-refractivity contribution in [2.45, 2.75) is 10.9 Å². The van der Waals surface area contributed by atoms with Crippen LogP contribution in [0.3, 0.4) is 0 Å². The quantitative estimate of drug-likeness (QED) is 0.904. The van der Waals surface area contributed by atoms with E-state index in [0.717, 1.165) is 11.3 Å². The molecule has 1 N–H and O–H groups in total. The summed E-state index contributed by atoms with van der Waals surface area (Å²) >= 11 is 0. The van der Waals surface area contributed by atoms with Crippen LogP contribution in [-0.2, 0) is 10.0 Å². The smallest absolute Gasteiger partial charge is 0.246 e. The first-order chi connectivity index (χ1) is 11.0. The van der Waals surface area contributed by atoms with E-state index in [1.165, 1.54) is 16.7 Å². The fourth-order valence-electron chi connectivity index (χ4n) is 2.78. The third-order valence-electron chi connectivity index (χ3n) is 4.22. The van der Waals surface area contributed by atoms with Crippen molar-refractivity contribution in [1.82, 2.24) is 19.4 Å². The number of nitrogens with zero attached hydrogens (tertiary/aromatic N) is 3. The number of ether oxygens (including phenoxy) is 1. The summed E-state index contributed by atoms with van der Waals surface area (Å²) in [6.45, 7) is 1.56. The molecule has 1 aliphatic heterocycles. The van der Waals surface area contributed by atoms with Crippen molar-refractivity contribution in [2.24, 2.45) is 0 Å². The second kappa shape index (κ2) is 6.31. The number of H-pyrrole nitrogens is 1. The minimum absolute atomic E-state index is 0.0105. The summed E-state index contributed by atoms with van der Waals surface area (Å²) in [5.74, 6) is 0.787. The summed E-state index contributed by atoms with van der Waals surface area (Å²) in [5.41, 5.74) is 1.07. The first kappa shape index (κ1) is 16.0. The van der Waals surface area contributed by atoms with Gasteiger partial charge in [0.25, 0.3) is 0 Å². The lowest BCUT2D eigenvalue weighted by atomic mass is 10.0. The van der Waals surface area contributed by atoms with Crippen LogP contribution < -0.4 is 4.74 Å². The third-order valence-corrected chi connectivity index (χ3v) is 6.05. The highest BCUT2D eigenvalue weighted by molar-refractivity contribution is 7.89. The van der Waals surface area contributed by atoms with Crippen molar-refractivity contribution in [3.63, 3.8) is 0 Å². The van der Waals surface area contributed by atoms with Gasteiger partial charge in [-0.2, -0.15) is 9.40 Å². The number of hydrogen-bond acceptors (Lipinski definition) is 5. The van der Waals surface area contributed by atoms with Crippen LogP contribution >= 0.6 is 0 Å². The molecule has 1 aromatic carbocycles. The molecule has 7 nitrogen and oxygen atoms in total. The second-order valence-electron chi connectivity index (χ2n) is 5.57. The van der Waals surface area contributed by atoms with Gasteiger partial charge < -0.3 is 4.74 Å². The Balaban J connectivity index is 1.84. The normalized spacial score (nSPS) is 20.5. The lowest BCUT2D eigenvalue weighted by Crippen LogP contribution is -2.48. The van der Waals surface area contributed by atoms with Crippen molar-refractivity contribution >= 4 is 10.0 Å². The number of rotatable bonds is 4. The van der Waals surface area contributed by atoms with Crippen LogP contribution in [0.5, 0.6) is 5.75 Å². The minimum Gasteiger partial charge on any atom is -0.497 e. The predicted octanol–water partition coefficient (Wildman–Crippen LogP) is 1.10. The van der Waals surface area contributed by atoms with Crippen molar-refractivity contribution in [3.05, 3.63) is 42.2 Å². The average molecular weight is 336 g/mol. The molecule has 0 bridgehead atoms. The summed E-state index contributed by atoms with van der Waals surface area (Å²) < 4.78 is 32.0. The van der Waals surface area contributed by atoms with Gasteiger partial charge in [0.15, 0.2) is 0 Å². The van der Waals surface area contributed by atoms with Crippen LogP contribution in [0.25, 0.3) is 0 Å². The molecule has 1 aromatic heterocycles. The SMILES string of the molecule is COc1ccc([C@@H]2CN(S(=O)(=O)c3cn[nH]c3)CCN2C)cc1. The lowest BCUT2D eigenvalue weighted by molar-refractivity contribution is 0.148. The Labute approximate surface area is 135 Å². The number of aromatic nitrogens is 2. The molecule has 1 atom stereocenters. The van der Waals surface area contributed by atoms with Crippen LogP contribution in [0.1, 0.15) is 11.6 Å². The van der Waals surface area contributed by atoms with E-state index in [1.54, 1.807) is 7.11 Å². The van der Waals surface area contributed by atoms with E-state index in [9.17, 15) is 8.42 Å². The Morgan fingerprint density at radius 3 is 2.61 bits per heavy atom. The van der Waals surface area contributed by atoms with Crippen LogP contribution in [0.2, 0.25) is 0 Å². The molecular formula is C15H20N4O3S. The first-order valence-corrected chi connectivity index (χ1v) is 8.79. The fraction of sp³-hybridized carbons (Fsp3) is 0.400. The van der Waals surface area contributed by atoms with Gasteiger partial charge in [-0.15, -0.1) is 0 Å². The Bertz CT molecular complexity index is 744. The summed E-state index contributed by atoms with van der Waals surface area (Å²) in [5, 5.41) is 6.30. The standard InChI is InChI=1S/C15H20N4O3S/c1-18-7-8-19(23(20,21)14-9-16-17-10-14)11-15(18)12-3-5-13(22-2)6-4-12/h3-6,9-10,15H,7-8,11H2,1-2H3,(H,16,17)/t15-/m0/s1. The number of likely N-dealkylation sites (N-methyl/N-ethyl adjacent to an activating group) is 1. The number of nitrogens with one attached hydrogen (secondary N) is 1. The molecule has 0 spiro atoms. The highest BCUT2D eigenvalue weighted by Gasteiger charge is 2.33. The molecule has 124 valence electrons. The number of sulfonamides is 1. The zero-order chi connectivity index (χ0) is 16.4. The molecule has 1 saturated heterocycles. The number of methoxy groups -OCH3 is 1. The van der Waals surface area contributed by atoms with Crippen LogP contribution in [0, 0.1) is 0 Å². The number of hydrogen-bond donors (Lipinski definition) is 1. The molecule has 0 saturated carbocycles. The van der Waals surface area contributed by atoms with Gasteiger partial charge in [0, 0.05) is 31.9 Å². The highest BCUT2D eigenvalue weighted by atomic mass is 32.2. The van der Waals surface area contributed by atoms with Crippen LogP contribution in [0.4, 0.5) is 0 Å². The molecule has 3 rings (SSSR count). The topological polar surface area (TPSA) is 78.5 Å². The second-order valence-corrected chi connectivity index (χ2v) is 7.50. The molecule has 0 aliphatic carbocycles. The maximum atomic E-state index is 12.7. The van der Waals surface area contributed by atoms with Gasteiger partial charge in [-0.1, -0.05) is 12.1 Å². The van der Waals surface area contributed by atoms with E-state index in [2.05, 4.69) is 15.1 Å². The van der Waals surface area contributed by atoms with Gasteiger partial charge in [0.1, 0.15) is 10.6 Å². The number of piperazine rings is 1. The van der Waals surface area contributed by atoms with Crippen molar-refractivity contribution in [1.29, 1.82) is 0 Å². The molecular weight excluding hydrogens is 316 g/mol. The van der Waals surface area contributed by atoms with Crippen molar-refractivity contribution in [3.8, 4) is 5.75 Å². The van der Waals surface area contributed by atoms with Gasteiger partial charge in [-0.3, -0.25) is 10.00 Å². The zero-order valence-corrected chi connectivity index (χ0v) is 14.0. The fourth-order valence-corrected chi connectivity index (χ4v) is 4.13. The molecule has 0 radical (unpaired) electrons. The van der Waals surface area contributed by atoms with Crippen molar-refractivity contribution < 1.29 is 13.2 Å². The molecule has 8 heteroatoms. The predicted molar refractivity (Wildman–Crippen MR) is 85.7 cm³/mol. The van der Waals surface area contributed by atoms with E-state index in [-0.39, 0.29) is 10.9 Å². The van der Waals surface area contributed by atoms with E-state index in [4.69, 9.17) is 4.74 Å². The molecule has 1 aliphatic rings. The van der Waals surface area contributed by atoms with Crippen LogP contribution in [0.15, 0.2) is 41.6 Å². The number of benzene rings is 1. The molecule has 0 amide bonds. The molecule has 2 heterocycles. The average Bonchev–Trinajstić information content (AvgIpc) is 3.10. The molecule has 0 unspecified atom stereocenters. The van der Waals surface area contributed by atoms with Gasteiger partial charge in [-0.25, -0.2) is 8.42 Å². The van der Waals surface area contributed by atoms with E-state index in [1.807, 2.05) is 31.3 Å². The first-order valence-electron chi connectivity index (χ1n) is 7.35. The van der Waals surface area contributed by atoms with Gasteiger partial charge >= 0.3 is 0 Å². The van der Waals surface area contributed by atoms with Crippen LogP contribution in [-0.4, -0.2) is 61.6 Å².